The van der Waals surface area contributed by atoms with Crippen molar-refractivity contribution in [2.24, 2.45) is 0 Å². The summed E-state index contributed by atoms with van der Waals surface area (Å²) in [6.45, 7) is 2.48. The minimum atomic E-state index is -0.824. The van der Waals surface area contributed by atoms with Crippen molar-refractivity contribution in [3.05, 3.63) is 156 Å². The maximum absolute atomic E-state index is 6.68. The van der Waals surface area contributed by atoms with E-state index in [1.54, 1.807) is 0 Å². The minimum absolute atomic E-state index is 0.497. The fourth-order valence-electron chi connectivity index (χ4n) is 7.36. The zero-order chi connectivity index (χ0) is 29.2. The second kappa shape index (κ2) is 9.97. The largest absolute Gasteiger partial charge is 0.456 e. The Balaban J connectivity index is 1.24. The maximum atomic E-state index is 6.68. The molecular formula is C41H30NOSi+. The third-order valence-electron chi connectivity index (χ3n) is 9.51. The molecular weight excluding hydrogens is 551 g/mol. The first-order valence-corrected chi connectivity index (χ1v) is 17.5. The SMILES string of the molecule is C[Si+]1c2cccc(N(c3ccccc3)c3ccc(-c4ccc5ccccc5c4)cc3)c2C2=c3oc4ccccc4c3=CCC21. The number of nitrogens with zero attached hydrogens (tertiary/aromatic N) is 1. The van der Waals surface area contributed by atoms with Gasteiger partial charge in [-0.25, -0.2) is 0 Å². The lowest BCUT2D eigenvalue weighted by atomic mass is 9.94. The van der Waals surface area contributed by atoms with Crippen LogP contribution in [0.2, 0.25) is 12.1 Å². The van der Waals surface area contributed by atoms with Gasteiger partial charge in [0.1, 0.15) is 21.7 Å². The smallest absolute Gasteiger partial charge is 0.358 e. The Bertz CT molecular complexity index is 2340. The Labute approximate surface area is 258 Å². The molecule has 1 unspecified atom stereocenters. The van der Waals surface area contributed by atoms with Crippen molar-refractivity contribution in [1.82, 2.24) is 0 Å². The third-order valence-corrected chi connectivity index (χ3v) is 12.3. The van der Waals surface area contributed by atoms with Crippen LogP contribution in [0, 0.1) is 0 Å². The van der Waals surface area contributed by atoms with Crippen LogP contribution in [0.25, 0.3) is 44.5 Å². The first kappa shape index (κ1) is 25.4. The van der Waals surface area contributed by atoms with Crippen LogP contribution < -0.4 is 20.7 Å². The summed E-state index contributed by atoms with van der Waals surface area (Å²) in [5, 5.41) is 6.51. The number of anilines is 3. The third kappa shape index (κ3) is 3.86. The highest BCUT2D eigenvalue weighted by Crippen LogP contribution is 2.46. The summed E-state index contributed by atoms with van der Waals surface area (Å²) in [6.07, 6.45) is 3.49. The molecule has 0 bridgehead atoms. The van der Waals surface area contributed by atoms with E-state index in [0.717, 1.165) is 28.8 Å². The zero-order valence-corrected chi connectivity index (χ0v) is 25.5. The van der Waals surface area contributed by atoms with Crippen molar-refractivity contribution in [2.45, 2.75) is 18.5 Å². The standard InChI is InChI=1S/C41H30NOSi/c1-44-37-17-9-15-35(39(37)40-38(44)25-24-34-33-14-7-8-16-36(33)43-41(34)40)42(31-12-3-2-4-13-31)32-22-20-28(21-23-32)30-19-18-27-10-5-6-11-29(27)26-30/h2-24,26,38H,25H2,1H3/q+1. The summed E-state index contributed by atoms with van der Waals surface area (Å²) in [6, 6.07) is 50.5. The molecule has 7 aromatic rings. The van der Waals surface area contributed by atoms with Crippen molar-refractivity contribution in [3.8, 4) is 11.1 Å². The molecule has 1 aromatic heterocycles. The predicted molar refractivity (Wildman–Crippen MR) is 186 cm³/mol. The van der Waals surface area contributed by atoms with Gasteiger partial charge in [0.25, 0.3) is 0 Å². The molecule has 0 N–H and O–H groups in total. The number of para-hydroxylation sites is 2. The van der Waals surface area contributed by atoms with Gasteiger partial charge in [0.05, 0.1) is 12.2 Å². The van der Waals surface area contributed by atoms with E-state index in [4.69, 9.17) is 4.42 Å². The van der Waals surface area contributed by atoms with Gasteiger partial charge in [0, 0.05) is 39.5 Å². The van der Waals surface area contributed by atoms with Crippen LogP contribution in [0.4, 0.5) is 17.1 Å². The van der Waals surface area contributed by atoms with Crippen LogP contribution in [-0.4, -0.2) is 8.80 Å². The van der Waals surface area contributed by atoms with Crippen molar-refractivity contribution in [3.63, 3.8) is 0 Å². The molecule has 0 spiro atoms. The summed E-state index contributed by atoms with van der Waals surface area (Å²) < 4.78 is 6.68. The van der Waals surface area contributed by atoms with Crippen molar-refractivity contribution >= 4 is 64.4 Å². The topological polar surface area (TPSA) is 16.4 Å². The van der Waals surface area contributed by atoms with E-state index in [2.05, 4.69) is 157 Å². The summed E-state index contributed by atoms with van der Waals surface area (Å²) in [5.74, 6) is 0. The average Bonchev–Trinajstić information content (AvgIpc) is 3.61. The molecule has 1 aliphatic heterocycles. The lowest BCUT2D eigenvalue weighted by Crippen LogP contribution is -2.31. The second-order valence-corrected chi connectivity index (χ2v) is 14.5. The Hall–Kier alpha value is -5.12. The summed E-state index contributed by atoms with van der Waals surface area (Å²) in [7, 11) is -0.824. The molecule has 44 heavy (non-hydrogen) atoms. The molecule has 2 nitrogen and oxygen atoms in total. The maximum Gasteiger partial charge on any atom is 0.358 e. The fraction of sp³-hybridized carbons (Fsp3) is 0.0732. The molecule has 2 aliphatic rings. The molecule has 3 heteroatoms. The molecule has 0 saturated carbocycles. The Morgan fingerprint density at radius 3 is 2.25 bits per heavy atom. The van der Waals surface area contributed by atoms with Crippen molar-refractivity contribution in [1.29, 1.82) is 0 Å². The number of hydrogen-bond donors (Lipinski definition) is 0. The summed E-state index contributed by atoms with van der Waals surface area (Å²) in [4.78, 5) is 2.44. The van der Waals surface area contributed by atoms with Crippen LogP contribution in [0.3, 0.4) is 0 Å². The highest BCUT2D eigenvalue weighted by atomic mass is 28.3. The van der Waals surface area contributed by atoms with Gasteiger partial charge in [-0.15, -0.1) is 0 Å². The van der Waals surface area contributed by atoms with E-state index >= 15 is 0 Å². The highest BCUT2D eigenvalue weighted by Gasteiger charge is 2.50. The molecule has 0 amide bonds. The van der Waals surface area contributed by atoms with Gasteiger partial charge in [-0.05, 0) is 70.4 Å². The van der Waals surface area contributed by atoms with Crippen LogP contribution in [-0.2, 0) is 0 Å². The summed E-state index contributed by atoms with van der Waals surface area (Å²) in [5.41, 5.74) is 11.3. The van der Waals surface area contributed by atoms with Crippen molar-refractivity contribution in [2.75, 3.05) is 4.90 Å². The molecule has 6 aromatic carbocycles. The predicted octanol–water partition coefficient (Wildman–Crippen LogP) is 8.82. The van der Waals surface area contributed by atoms with E-state index in [0.29, 0.717) is 5.54 Å². The quantitative estimate of drug-likeness (QED) is 0.193. The van der Waals surface area contributed by atoms with Gasteiger partial charge >= 0.3 is 8.80 Å². The molecule has 0 radical (unpaired) electrons. The van der Waals surface area contributed by atoms with Crippen LogP contribution in [0.1, 0.15) is 12.0 Å². The van der Waals surface area contributed by atoms with Gasteiger partial charge in [-0.1, -0.05) is 97.1 Å². The number of fused-ring (bicyclic) bond motifs is 7. The molecule has 0 saturated heterocycles. The average molecular weight is 581 g/mol. The Kier molecular flexibility index (Phi) is 5.75. The summed E-state index contributed by atoms with van der Waals surface area (Å²) >= 11 is 0. The molecule has 9 rings (SSSR count). The number of rotatable bonds is 4. The van der Waals surface area contributed by atoms with E-state index in [1.807, 2.05) is 0 Å². The second-order valence-electron chi connectivity index (χ2n) is 11.9. The van der Waals surface area contributed by atoms with Gasteiger partial charge in [0.2, 0.25) is 0 Å². The van der Waals surface area contributed by atoms with Gasteiger partial charge in [-0.3, -0.25) is 0 Å². The molecule has 1 aliphatic carbocycles. The number of benzene rings is 6. The molecule has 2 heterocycles. The van der Waals surface area contributed by atoms with E-state index in [-0.39, 0.29) is 0 Å². The van der Waals surface area contributed by atoms with E-state index < -0.39 is 8.80 Å². The van der Waals surface area contributed by atoms with Gasteiger partial charge in [-0.2, -0.15) is 0 Å². The van der Waals surface area contributed by atoms with E-state index in [9.17, 15) is 0 Å². The first-order valence-electron chi connectivity index (χ1n) is 15.4. The molecule has 1 atom stereocenters. The lowest BCUT2D eigenvalue weighted by Gasteiger charge is -2.27. The Morgan fingerprint density at radius 1 is 0.659 bits per heavy atom. The van der Waals surface area contributed by atoms with Crippen LogP contribution in [0.5, 0.6) is 0 Å². The fourth-order valence-corrected chi connectivity index (χ4v) is 9.93. The monoisotopic (exact) mass is 580 g/mol. The molecule has 0 fully saturated rings. The first-order chi connectivity index (χ1) is 21.7. The molecule has 208 valence electrons. The zero-order valence-electron chi connectivity index (χ0n) is 24.5. The number of hydrogen-bond acceptors (Lipinski definition) is 2. The van der Waals surface area contributed by atoms with E-state index in [1.165, 1.54) is 54.5 Å². The van der Waals surface area contributed by atoms with Gasteiger partial charge < -0.3 is 9.32 Å². The van der Waals surface area contributed by atoms with Crippen molar-refractivity contribution < 1.29 is 4.42 Å². The lowest BCUT2D eigenvalue weighted by molar-refractivity contribution is 0.568. The van der Waals surface area contributed by atoms with Crippen LogP contribution >= 0.6 is 0 Å². The van der Waals surface area contributed by atoms with Gasteiger partial charge in [0.15, 0.2) is 0 Å². The minimum Gasteiger partial charge on any atom is -0.456 e. The highest BCUT2D eigenvalue weighted by molar-refractivity contribution is 6.78. The van der Waals surface area contributed by atoms with Crippen LogP contribution in [0.15, 0.2) is 144 Å². The normalized spacial score (nSPS) is 15.2. The Morgan fingerprint density at radius 2 is 1.39 bits per heavy atom. The number of furan rings is 1.